The minimum atomic E-state index is -1.30. The second-order valence-electron chi connectivity index (χ2n) is 15.2. The van der Waals surface area contributed by atoms with Crippen molar-refractivity contribution in [2.45, 2.75) is 49.9 Å². The number of anilines is 8. The summed E-state index contributed by atoms with van der Waals surface area (Å²) in [4.78, 5) is 105. The van der Waals surface area contributed by atoms with Gasteiger partial charge in [-0.15, -0.1) is 0 Å². The van der Waals surface area contributed by atoms with Crippen LogP contribution in [0.1, 0.15) is 46.4 Å². The van der Waals surface area contributed by atoms with Gasteiger partial charge in [0.05, 0.1) is 12.1 Å². The van der Waals surface area contributed by atoms with Crippen LogP contribution in [0.25, 0.3) is 0 Å². The summed E-state index contributed by atoms with van der Waals surface area (Å²) in [5, 5.41) is 61.9. The molecule has 69 heavy (non-hydrogen) atoms. The number of carbonyl (C=O) groups is 6. The first-order valence-electron chi connectivity index (χ1n) is 21.2. The summed E-state index contributed by atoms with van der Waals surface area (Å²) in [6.45, 7) is 3.57. The topological polar surface area (TPSA) is 461 Å². The van der Waals surface area contributed by atoms with E-state index in [4.69, 9.17) is 37.6 Å². The van der Waals surface area contributed by atoms with Crippen LogP contribution in [0.5, 0.6) is 0 Å². The van der Waals surface area contributed by atoms with Crippen LogP contribution in [0.15, 0.2) is 58.1 Å². The summed E-state index contributed by atoms with van der Waals surface area (Å²) in [6.07, 6.45) is -1.17. The number of aliphatic carboxylic acids is 4. The number of hydrogen-bond donors (Lipinski definition) is 18. The van der Waals surface area contributed by atoms with Crippen LogP contribution in [0.2, 0.25) is 0 Å². The van der Waals surface area contributed by atoms with Crippen LogP contribution >= 0.6 is 0 Å². The number of H-pyrrole nitrogens is 2. The summed E-state index contributed by atoms with van der Waals surface area (Å²) < 4.78 is 0. The highest BCUT2D eigenvalue weighted by Crippen LogP contribution is 2.22. The predicted molar refractivity (Wildman–Crippen MR) is 255 cm³/mol. The molecule has 0 unspecified atom stereocenters. The molecule has 28 heteroatoms. The molecule has 372 valence electrons. The van der Waals surface area contributed by atoms with Gasteiger partial charge in [-0.05, 0) is 68.4 Å². The zero-order valence-electron chi connectivity index (χ0n) is 37.2. The molecule has 0 spiro atoms. The molecular formula is C41H56N16O12. The maximum Gasteiger partial charge on any atom is 0.326 e. The number of carboxylic acids is 4. The largest absolute Gasteiger partial charge is 0.481 e. The Morgan fingerprint density at radius 3 is 1.33 bits per heavy atom. The van der Waals surface area contributed by atoms with Gasteiger partial charge in [0.1, 0.15) is 23.5 Å². The van der Waals surface area contributed by atoms with Gasteiger partial charge in [0.15, 0.2) is 11.6 Å². The number of aromatic nitrogens is 4. The standard InChI is InChI=1S/2C19H23N7O6.C3H10N2/c2*20-19-25-15-14(17(30)26-19)23-11(8-22-15)7-21-10-3-1-9(2-4-10)16(29)24-12(18(31)32)5-6-13(27)28;1-5-3-2-4/h2*1-4,11-12,21,23H,5-8H2,(H,24,29)(H,27,28)(H,31,32)(H4,20,22,25,26,30);5H,2-4H2,1H3/t2*11-,12+;/m11./s1. The van der Waals surface area contributed by atoms with Crippen molar-refractivity contribution in [3.8, 4) is 0 Å². The molecule has 2 aliphatic heterocycles. The number of hydrogen-bond acceptors (Lipinski definition) is 20. The van der Waals surface area contributed by atoms with E-state index in [9.17, 15) is 38.4 Å². The number of carboxylic acid groups (broad SMARTS) is 4. The lowest BCUT2D eigenvalue weighted by Gasteiger charge is -2.27. The van der Waals surface area contributed by atoms with Crippen molar-refractivity contribution in [2.24, 2.45) is 5.73 Å². The maximum absolute atomic E-state index is 12.3. The molecule has 2 amide bonds. The van der Waals surface area contributed by atoms with Gasteiger partial charge in [0.25, 0.3) is 22.9 Å². The Morgan fingerprint density at radius 2 is 1.03 bits per heavy atom. The lowest BCUT2D eigenvalue weighted by molar-refractivity contribution is -0.142. The van der Waals surface area contributed by atoms with E-state index in [-0.39, 0.29) is 71.9 Å². The maximum atomic E-state index is 12.3. The Bertz CT molecular complexity index is 2370. The highest BCUT2D eigenvalue weighted by Gasteiger charge is 2.25. The number of nitrogens with two attached hydrogens (primary N) is 3. The molecule has 4 heterocycles. The number of nitrogens with zero attached hydrogens (tertiary/aromatic N) is 2. The van der Waals surface area contributed by atoms with E-state index in [1.165, 1.54) is 24.3 Å². The molecule has 4 atom stereocenters. The highest BCUT2D eigenvalue weighted by molar-refractivity contribution is 5.97. The normalized spacial score (nSPS) is 14.9. The lowest BCUT2D eigenvalue weighted by Crippen LogP contribution is -2.41. The molecule has 0 aliphatic carbocycles. The molecule has 4 aromatic rings. The number of nitrogens with one attached hydrogen (secondary N) is 11. The summed E-state index contributed by atoms with van der Waals surface area (Å²) >= 11 is 0. The first-order valence-corrected chi connectivity index (χ1v) is 21.2. The Kier molecular flexibility index (Phi) is 19.9. The molecule has 2 aromatic heterocycles. The fraction of sp³-hybridized carbons (Fsp3) is 0.366. The van der Waals surface area contributed by atoms with Crippen LogP contribution in [-0.4, -0.2) is 147 Å². The average molecular weight is 965 g/mol. The SMILES string of the molecule is CNCCN.Nc1nc2c(c(=O)[nH]1)N[C@H](CNc1ccc(C(=O)N[C@@H](CCC(=O)O)C(=O)O)cc1)CN2.Nc1nc2c(c(=O)[nH]1)N[C@H](CNc1ccc(C(=O)N[C@@H](CCC(=O)O)C(=O)O)cc1)CN2. The van der Waals surface area contributed by atoms with Crippen molar-refractivity contribution in [1.82, 2.24) is 35.9 Å². The molecule has 0 saturated carbocycles. The molecular weight excluding hydrogens is 909 g/mol. The molecule has 6 rings (SSSR count). The smallest absolute Gasteiger partial charge is 0.326 e. The van der Waals surface area contributed by atoms with Crippen LogP contribution in [0.3, 0.4) is 0 Å². The molecule has 21 N–H and O–H groups in total. The van der Waals surface area contributed by atoms with Crippen LogP contribution < -0.4 is 76.2 Å². The number of aromatic amines is 2. The molecule has 0 saturated heterocycles. The molecule has 0 fully saturated rings. The number of amides is 2. The molecule has 28 nitrogen and oxygen atoms in total. The van der Waals surface area contributed by atoms with Gasteiger partial charge in [0, 0.05) is 74.6 Å². The number of benzene rings is 2. The third-order valence-electron chi connectivity index (χ3n) is 9.90. The third-order valence-corrected chi connectivity index (χ3v) is 9.90. The van der Waals surface area contributed by atoms with Gasteiger partial charge >= 0.3 is 23.9 Å². The zero-order valence-corrected chi connectivity index (χ0v) is 37.2. The fourth-order valence-corrected chi connectivity index (χ4v) is 6.34. The van der Waals surface area contributed by atoms with Crippen molar-refractivity contribution in [2.75, 3.05) is 89.7 Å². The number of rotatable bonds is 20. The van der Waals surface area contributed by atoms with Gasteiger partial charge in [-0.1, -0.05) is 0 Å². The molecule has 0 radical (unpaired) electrons. The van der Waals surface area contributed by atoms with Crippen molar-refractivity contribution >= 4 is 82.0 Å². The lowest BCUT2D eigenvalue weighted by atomic mass is 10.1. The second kappa shape index (κ2) is 25.9. The third kappa shape index (κ3) is 16.9. The van der Waals surface area contributed by atoms with Gasteiger partial charge in [-0.3, -0.25) is 38.7 Å². The molecule has 0 bridgehead atoms. The zero-order chi connectivity index (χ0) is 50.6. The monoisotopic (exact) mass is 964 g/mol. The summed E-state index contributed by atoms with van der Waals surface area (Å²) in [5.74, 6) is -5.28. The highest BCUT2D eigenvalue weighted by atomic mass is 16.4. The van der Waals surface area contributed by atoms with E-state index in [0.29, 0.717) is 60.6 Å². The Hall–Kier alpha value is -8.66. The Morgan fingerprint density at radius 1 is 0.652 bits per heavy atom. The number of fused-ring (bicyclic) bond motifs is 2. The van der Waals surface area contributed by atoms with E-state index >= 15 is 0 Å². The van der Waals surface area contributed by atoms with Gasteiger partial charge in [-0.25, -0.2) is 9.59 Å². The van der Waals surface area contributed by atoms with Gasteiger partial charge in [-0.2, -0.15) is 9.97 Å². The number of carbonyl (C=O) groups excluding carboxylic acids is 2. The first kappa shape index (κ1) is 53.0. The van der Waals surface area contributed by atoms with E-state index in [1.54, 1.807) is 24.3 Å². The minimum absolute atomic E-state index is 0.0281. The van der Waals surface area contributed by atoms with Gasteiger partial charge in [0.2, 0.25) is 11.9 Å². The van der Waals surface area contributed by atoms with Crippen LogP contribution in [-0.2, 0) is 19.2 Å². The predicted octanol–water partition coefficient (Wildman–Crippen LogP) is -1.40. The van der Waals surface area contributed by atoms with Crippen LogP contribution in [0.4, 0.5) is 46.3 Å². The Labute approximate surface area is 392 Å². The second-order valence-corrected chi connectivity index (χ2v) is 15.2. The van der Waals surface area contributed by atoms with Crippen molar-refractivity contribution in [3.05, 3.63) is 80.4 Å². The molecule has 2 aliphatic rings. The number of nitrogen functional groups attached to an aromatic ring is 2. The quantitative estimate of drug-likeness (QED) is 0.0484. The van der Waals surface area contributed by atoms with Crippen molar-refractivity contribution < 1.29 is 49.2 Å². The molecule has 2 aromatic carbocycles. The van der Waals surface area contributed by atoms with Crippen molar-refractivity contribution in [1.29, 1.82) is 0 Å². The van der Waals surface area contributed by atoms with E-state index in [2.05, 4.69) is 67.8 Å². The fourth-order valence-electron chi connectivity index (χ4n) is 6.34. The summed E-state index contributed by atoms with van der Waals surface area (Å²) in [6, 6.07) is 9.87. The van der Waals surface area contributed by atoms with E-state index in [1.807, 2.05) is 7.05 Å². The summed E-state index contributed by atoms with van der Waals surface area (Å²) in [7, 11) is 1.88. The average Bonchev–Trinajstić information content (AvgIpc) is 3.31. The minimum Gasteiger partial charge on any atom is -0.481 e. The van der Waals surface area contributed by atoms with E-state index < -0.39 is 47.8 Å². The van der Waals surface area contributed by atoms with E-state index in [0.717, 1.165) is 13.1 Å². The summed E-state index contributed by atoms with van der Waals surface area (Å²) in [5.41, 5.74) is 17.9. The first-order chi connectivity index (χ1) is 32.9. The van der Waals surface area contributed by atoms with Crippen molar-refractivity contribution in [3.63, 3.8) is 0 Å². The Balaban J connectivity index is 0.000000274. The van der Waals surface area contributed by atoms with Gasteiger partial charge < -0.3 is 85.5 Å². The number of likely N-dealkylation sites (N-methyl/N-ethyl adjacent to an activating group) is 1. The van der Waals surface area contributed by atoms with Crippen LogP contribution in [0, 0.1) is 0 Å².